The van der Waals surface area contributed by atoms with Gasteiger partial charge in [0.15, 0.2) is 11.5 Å². The highest BCUT2D eigenvalue weighted by Gasteiger charge is 2.23. The Morgan fingerprint density at radius 3 is 1.70 bits per heavy atom. The molecule has 1 heterocycles. The van der Waals surface area contributed by atoms with Gasteiger partial charge in [-0.05, 0) is 83.4 Å². The van der Waals surface area contributed by atoms with E-state index >= 15 is 0 Å². The molecule has 1 aliphatic heterocycles. The second kappa shape index (κ2) is 16.0. The summed E-state index contributed by atoms with van der Waals surface area (Å²) in [6.45, 7) is 4.27. The highest BCUT2D eigenvalue weighted by atomic mass is 79.9. The minimum Gasteiger partial charge on any atom is -0.482 e. The van der Waals surface area contributed by atoms with Crippen LogP contribution in [0.4, 0.5) is 11.4 Å². The van der Waals surface area contributed by atoms with Crippen LogP contribution in [0.2, 0.25) is 0 Å². The molecule has 0 atom stereocenters. The molecule has 1 fully saturated rings. The van der Waals surface area contributed by atoms with Crippen LogP contribution in [0.3, 0.4) is 0 Å². The van der Waals surface area contributed by atoms with E-state index in [1.807, 2.05) is 66.9 Å². The van der Waals surface area contributed by atoms with Crippen LogP contribution in [0, 0.1) is 27.2 Å². The van der Waals surface area contributed by atoms with E-state index in [4.69, 9.17) is 9.47 Å². The minimum atomic E-state index is -0.416. The van der Waals surface area contributed by atoms with Crippen LogP contribution in [0.15, 0.2) is 100 Å². The number of rotatable bonds is 10. The summed E-state index contributed by atoms with van der Waals surface area (Å²) in [5, 5.41) is 22.8. The van der Waals surface area contributed by atoms with Gasteiger partial charge in [0.2, 0.25) is 0 Å². The molecule has 0 radical (unpaired) electrons. The Labute approximate surface area is 272 Å². The van der Waals surface area contributed by atoms with Gasteiger partial charge in [-0.3, -0.25) is 20.2 Å². The van der Waals surface area contributed by atoms with Crippen LogP contribution in [-0.4, -0.2) is 27.8 Å². The van der Waals surface area contributed by atoms with Crippen molar-refractivity contribution in [3.8, 4) is 11.5 Å². The summed E-state index contributed by atoms with van der Waals surface area (Å²) in [5.41, 5.74) is 3.02. The van der Waals surface area contributed by atoms with Gasteiger partial charge in [0.05, 0.1) is 15.4 Å². The third kappa shape index (κ3) is 8.90. The van der Waals surface area contributed by atoms with Crippen molar-refractivity contribution in [1.29, 1.82) is 0 Å². The van der Waals surface area contributed by atoms with Crippen LogP contribution in [0.1, 0.15) is 35.1 Å². The van der Waals surface area contributed by atoms with E-state index in [0.29, 0.717) is 33.3 Å². The van der Waals surface area contributed by atoms with Crippen molar-refractivity contribution in [2.75, 3.05) is 13.1 Å². The van der Waals surface area contributed by atoms with Crippen LogP contribution >= 0.6 is 31.9 Å². The Kier molecular flexibility index (Phi) is 11.9. The van der Waals surface area contributed by atoms with Crippen LogP contribution in [-0.2, 0) is 13.2 Å². The molecule has 9 nitrogen and oxygen atoms in total. The number of halogens is 2. The third-order valence-corrected chi connectivity index (χ3v) is 8.44. The highest BCUT2D eigenvalue weighted by molar-refractivity contribution is 9.10. The van der Waals surface area contributed by atoms with E-state index in [0.717, 1.165) is 37.1 Å². The lowest BCUT2D eigenvalue weighted by Gasteiger charge is -2.12. The fourth-order valence-corrected chi connectivity index (χ4v) is 5.33. The molecule has 0 aliphatic carbocycles. The molecule has 4 aromatic carbocycles. The summed E-state index contributed by atoms with van der Waals surface area (Å²) in [7, 11) is 0. The molecule has 1 saturated heterocycles. The monoisotopic (exact) mass is 723 g/mol. The first-order valence-electron chi connectivity index (χ1n) is 13.9. The van der Waals surface area contributed by atoms with E-state index in [1.165, 1.54) is 0 Å². The van der Waals surface area contributed by atoms with Gasteiger partial charge in [0.1, 0.15) is 13.2 Å². The van der Waals surface area contributed by atoms with Crippen molar-refractivity contribution >= 4 is 49.3 Å². The number of hydrogen-bond donors (Lipinski definition) is 0. The maximum Gasteiger partial charge on any atom is 0.319 e. The number of nitrogens with zero attached hydrogens (tertiary/aromatic N) is 3. The largest absolute Gasteiger partial charge is 0.482 e. The van der Waals surface area contributed by atoms with Crippen LogP contribution in [0.5, 0.6) is 11.5 Å². The summed E-state index contributed by atoms with van der Waals surface area (Å²) in [5.74, 6) is 0.563. The molecule has 0 aromatic heterocycles. The van der Waals surface area contributed by atoms with Crippen molar-refractivity contribution in [1.82, 2.24) is 4.90 Å². The van der Waals surface area contributed by atoms with Gasteiger partial charge in [0.25, 0.3) is 0 Å². The van der Waals surface area contributed by atoms with Gasteiger partial charge in [-0.25, -0.2) is 0 Å². The molecule has 4 aromatic rings. The minimum absolute atomic E-state index is 0.00491. The first kappa shape index (κ1) is 32.7. The van der Waals surface area contributed by atoms with Crippen molar-refractivity contribution in [2.45, 2.75) is 33.0 Å². The number of nitro benzene ring substituents is 2. The Hall–Kier alpha value is -4.22. The number of ether oxygens (including phenoxy) is 2. The van der Waals surface area contributed by atoms with Crippen LogP contribution < -0.4 is 9.47 Å². The van der Waals surface area contributed by atoms with E-state index in [9.17, 15) is 20.2 Å². The molecular weight excluding hydrogens is 694 g/mol. The van der Waals surface area contributed by atoms with Crippen molar-refractivity contribution in [3.05, 3.63) is 143 Å². The molecule has 11 heteroatoms. The van der Waals surface area contributed by atoms with Crippen molar-refractivity contribution in [3.63, 3.8) is 0 Å². The SMILES string of the molecule is Cc1c(Br)ccc(OCc2ccccc2)c1[N+](=O)[O-].O=[N+]([O-])c1c(OCc2ccccc2)ccc(Br)c1C=CN1CCCC1. The molecule has 0 N–H and O–H groups in total. The zero-order valence-electron chi connectivity index (χ0n) is 24.0. The van der Waals surface area contributed by atoms with Gasteiger partial charge in [-0.1, -0.05) is 76.6 Å². The summed E-state index contributed by atoms with van der Waals surface area (Å²) in [6, 6.07) is 25.9. The summed E-state index contributed by atoms with van der Waals surface area (Å²) < 4.78 is 12.7. The lowest BCUT2D eigenvalue weighted by molar-refractivity contribution is -0.386. The second-order valence-corrected chi connectivity index (χ2v) is 11.7. The van der Waals surface area contributed by atoms with E-state index in [2.05, 4.69) is 36.8 Å². The standard InChI is InChI=1S/C19H19BrN2O3.C14H12BrNO3/c20-17-8-9-18(25-14-15-6-2-1-3-7-15)19(22(23)24)16(17)10-13-21-11-4-5-12-21;1-10-12(15)7-8-13(14(10)16(17)18)19-9-11-5-3-2-4-6-11/h1-3,6-10,13H,4-5,11-12,14H2;2-8H,9H2,1H3. The zero-order chi connectivity index (χ0) is 31.5. The van der Waals surface area contributed by atoms with Gasteiger partial charge in [-0.2, -0.15) is 0 Å². The normalized spacial score (nSPS) is 12.5. The molecule has 44 heavy (non-hydrogen) atoms. The number of nitro groups is 2. The molecule has 0 saturated carbocycles. The Bertz CT molecular complexity index is 1610. The summed E-state index contributed by atoms with van der Waals surface area (Å²) >= 11 is 6.71. The molecule has 0 unspecified atom stereocenters. The quantitative estimate of drug-likeness (QED) is 0.119. The van der Waals surface area contributed by atoms with Gasteiger partial charge < -0.3 is 14.4 Å². The Morgan fingerprint density at radius 1 is 0.727 bits per heavy atom. The fourth-order valence-electron chi connectivity index (χ4n) is 4.56. The molecule has 0 amide bonds. The van der Waals surface area contributed by atoms with Crippen molar-refractivity contribution < 1.29 is 19.3 Å². The summed E-state index contributed by atoms with van der Waals surface area (Å²) in [4.78, 5) is 24.1. The number of benzene rings is 4. The van der Waals surface area contributed by atoms with Gasteiger partial charge in [-0.15, -0.1) is 0 Å². The predicted octanol–water partition coefficient (Wildman–Crippen LogP) is 9.25. The Morgan fingerprint density at radius 2 is 1.20 bits per heavy atom. The average molecular weight is 725 g/mol. The lowest BCUT2D eigenvalue weighted by Crippen LogP contribution is -2.10. The fraction of sp³-hybridized carbons (Fsp3) is 0.212. The van der Waals surface area contributed by atoms with Crippen molar-refractivity contribution in [2.24, 2.45) is 0 Å². The second-order valence-electron chi connectivity index (χ2n) is 9.95. The van der Waals surface area contributed by atoms with Gasteiger partial charge >= 0.3 is 11.4 Å². The van der Waals surface area contributed by atoms with E-state index in [1.54, 1.807) is 37.3 Å². The maximum atomic E-state index is 11.7. The van der Waals surface area contributed by atoms with Gasteiger partial charge in [0, 0.05) is 27.6 Å². The molecule has 0 spiro atoms. The molecule has 228 valence electrons. The zero-order valence-corrected chi connectivity index (χ0v) is 27.2. The first-order valence-corrected chi connectivity index (χ1v) is 15.5. The molecular formula is C33H31Br2N3O6. The summed E-state index contributed by atoms with van der Waals surface area (Å²) in [6.07, 6.45) is 6.05. The number of hydrogen-bond acceptors (Lipinski definition) is 7. The number of likely N-dealkylation sites (tertiary alicyclic amines) is 1. The third-order valence-electron chi connectivity index (χ3n) is 6.89. The molecule has 0 bridgehead atoms. The van der Waals surface area contributed by atoms with E-state index in [-0.39, 0.29) is 27.8 Å². The predicted molar refractivity (Wildman–Crippen MR) is 178 cm³/mol. The first-order chi connectivity index (χ1) is 21.2. The van der Waals surface area contributed by atoms with E-state index < -0.39 is 4.92 Å². The smallest absolute Gasteiger partial charge is 0.319 e. The average Bonchev–Trinajstić information content (AvgIpc) is 3.55. The lowest BCUT2D eigenvalue weighted by atomic mass is 10.1. The Balaban J connectivity index is 0.000000209. The molecule has 5 rings (SSSR count). The van der Waals surface area contributed by atoms with Crippen LogP contribution in [0.25, 0.3) is 6.08 Å². The molecule has 1 aliphatic rings. The maximum absolute atomic E-state index is 11.7. The highest BCUT2D eigenvalue weighted by Crippen LogP contribution is 2.38. The topological polar surface area (TPSA) is 108 Å².